The summed E-state index contributed by atoms with van der Waals surface area (Å²) in [6.07, 6.45) is 2.01. The van der Waals surface area contributed by atoms with Crippen LogP contribution in [-0.4, -0.2) is 23.5 Å². The monoisotopic (exact) mass is 294 g/mol. The third-order valence-corrected chi connectivity index (χ3v) is 1.75. The lowest BCUT2D eigenvalue weighted by Gasteiger charge is -2.05. The number of pyridine rings is 1. The van der Waals surface area contributed by atoms with Crippen LogP contribution < -0.4 is 11.1 Å². The maximum atomic E-state index is 10.4. The van der Waals surface area contributed by atoms with Gasteiger partial charge in [0.2, 0.25) is 0 Å². The molecule has 0 saturated carbocycles. The van der Waals surface area contributed by atoms with Crippen LogP contribution in [0.5, 0.6) is 0 Å². The number of ether oxygens (including phenoxy) is 1. The number of primary amides is 1. The highest BCUT2D eigenvalue weighted by molar-refractivity contribution is 5.95. The Hall–Kier alpha value is -1.37. The predicted molar refractivity (Wildman–Crippen MR) is 73.5 cm³/mol. The highest BCUT2D eigenvalue weighted by Gasteiger charge is 2.00. The summed E-state index contributed by atoms with van der Waals surface area (Å²) in [4.78, 5) is 14.5. The van der Waals surface area contributed by atoms with E-state index in [4.69, 9.17) is 15.9 Å². The summed E-state index contributed by atoms with van der Waals surface area (Å²) in [6, 6.07) is 4.83. The number of aromatic nitrogens is 1. The zero-order valence-corrected chi connectivity index (χ0v) is 11.2. The van der Waals surface area contributed by atoms with Gasteiger partial charge in [-0.3, -0.25) is 15.7 Å². The predicted octanol–water partition coefficient (Wildman–Crippen LogP) is 1.48. The molecule has 8 heteroatoms. The normalized spacial score (nSPS) is 8.67. The van der Waals surface area contributed by atoms with Crippen LogP contribution in [0.25, 0.3) is 0 Å². The lowest BCUT2D eigenvalue weighted by Crippen LogP contribution is -2.34. The van der Waals surface area contributed by atoms with Crippen LogP contribution in [0.15, 0.2) is 24.4 Å². The number of rotatable bonds is 5. The molecular weight excluding hydrogens is 279 g/mol. The second-order valence-corrected chi connectivity index (χ2v) is 3.09. The molecule has 1 rings (SSSR count). The molecule has 0 saturated heterocycles. The Morgan fingerprint density at radius 1 is 1.44 bits per heavy atom. The number of amides is 2. The third-order valence-electron chi connectivity index (χ3n) is 1.75. The number of urea groups is 1. The van der Waals surface area contributed by atoms with Gasteiger partial charge in [-0.25, -0.2) is 4.79 Å². The van der Waals surface area contributed by atoms with E-state index in [1.165, 1.54) is 0 Å². The highest BCUT2D eigenvalue weighted by atomic mass is 35.5. The summed E-state index contributed by atoms with van der Waals surface area (Å²) >= 11 is 0. The standard InChI is InChI=1S/C10H14N4O2.2ClH/c11-9(14-10(12)15)4-6-16-7-8-3-1-2-5-13-8;;/h1-3,5H,4,6-7H2,(H4,11,12,14,15);2*1H. The number of halogens is 2. The number of hydrogen-bond acceptors (Lipinski definition) is 4. The van der Waals surface area contributed by atoms with Crippen molar-refractivity contribution < 1.29 is 9.53 Å². The molecular formula is C10H16Cl2N4O2. The first kappa shape index (κ1) is 19.0. The number of nitrogens with zero attached hydrogens (tertiary/aromatic N) is 1. The van der Waals surface area contributed by atoms with Gasteiger partial charge >= 0.3 is 6.03 Å². The molecule has 0 bridgehead atoms. The number of carbonyl (C=O) groups excluding carboxylic acids is 1. The first-order chi connectivity index (χ1) is 7.68. The van der Waals surface area contributed by atoms with Crippen LogP contribution in [0.2, 0.25) is 0 Å². The molecule has 0 aliphatic heterocycles. The molecule has 1 heterocycles. The van der Waals surface area contributed by atoms with Gasteiger partial charge < -0.3 is 10.5 Å². The molecule has 0 unspecified atom stereocenters. The summed E-state index contributed by atoms with van der Waals surface area (Å²) in [6.45, 7) is 0.736. The number of nitrogens with two attached hydrogens (primary N) is 1. The van der Waals surface area contributed by atoms with E-state index in [1.54, 1.807) is 6.20 Å². The van der Waals surface area contributed by atoms with Crippen LogP contribution >= 0.6 is 24.8 Å². The highest BCUT2D eigenvalue weighted by Crippen LogP contribution is 1.96. The minimum Gasteiger partial charge on any atom is -0.375 e. The van der Waals surface area contributed by atoms with Gasteiger partial charge in [0.05, 0.1) is 18.9 Å². The molecule has 0 atom stereocenters. The van der Waals surface area contributed by atoms with E-state index < -0.39 is 6.03 Å². The fourth-order valence-corrected chi connectivity index (χ4v) is 1.05. The van der Waals surface area contributed by atoms with Gasteiger partial charge in [-0.05, 0) is 12.1 Å². The first-order valence-electron chi connectivity index (χ1n) is 4.80. The Labute approximate surface area is 118 Å². The number of hydrogen-bond donors (Lipinski definition) is 3. The van der Waals surface area contributed by atoms with Crippen LogP contribution in [0.1, 0.15) is 12.1 Å². The second kappa shape index (κ2) is 10.8. The van der Waals surface area contributed by atoms with Gasteiger partial charge in [-0.15, -0.1) is 24.8 Å². The van der Waals surface area contributed by atoms with E-state index >= 15 is 0 Å². The van der Waals surface area contributed by atoms with Crippen molar-refractivity contribution in [3.05, 3.63) is 30.1 Å². The van der Waals surface area contributed by atoms with Gasteiger partial charge in [0.1, 0.15) is 5.84 Å². The molecule has 0 spiro atoms. The average Bonchev–Trinajstić information content (AvgIpc) is 2.25. The van der Waals surface area contributed by atoms with E-state index in [0.29, 0.717) is 19.6 Å². The molecule has 6 nitrogen and oxygen atoms in total. The van der Waals surface area contributed by atoms with Crippen LogP contribution in [0, 0.1) is 5.41 Å². The zero-order chi connectivity index (χ0) is 11.8. The zero-order valence-electron chi connectivity index (χ0n) is 9.59. The molecule has 0 aliphatic carbocycles. The molecule has 2 amide bonds. The Kier molecular flexibility index (Phi) is 11.3. The molecule has 18 heavy (non-hydrogen) atoms. The molecule has 4 N–H and O–H groups in total. The topological polar surface area (TPSA) is 101 Å². The average molecular weight is 295 g/mol. The van der Waals surface area contributed by atoms with E-state index in [2.05, 4.69) is 10.3 Å². The maximum Gasteiger partial charge on any atom is 0.317 e. The van der Waals surface area contributed by atoms with E-state index in [9.17, 15) is 4.79 Å². The summed E-state index contributed by atoms with van der Waals surface area (Å²) in [5.74, 6) is 0.0496. The fraction of sp³-hybridized carbons (Fsp3) is 0.300. The van der Waals surface area contributed by atoms with Crippen molar-refractivity contribution in [3.8, 4) is 0 Å². The van der Waals surface area contributed by atoms with Crippen molar-refractivity contribution >= 4 is 36.7 Å². The largest absolute Gasteiger partial charge is 0.375 e. The molecule has 0 fully saturated rings. The molecule has 1 aromatic heterocycles. The van der Waals surface area contributed by atoms with E-state index in [1.807, 2.05) is 18.2 Å². The minimum atomic E-state index is -0.727. The minimum absolute atomic E-state index is 0. The van der Waals surface area contributed by atoms with Crippen molar-refractivity contribution in [2.24, 2.45) is 5.73 Å². The van der Waals surface area contributed by atoms with Gasteiger partial charge in [-0.1, -0.05) is 6.07 Å². The van der Waals surface area contributed by atoms with Crippen LogP contribution in [0.4, 0.5) is 4.79 Å². The van der Waals surface area contributed by atoms with Crippen LogP contribution in [0.3, 0.4) is 0 Å². The second-order valence-electron chi connectivity index (χ2n) is 3.09. The van der Waals surface area contributed by atoms with Gasteiger partial charge in [-0.2, -0.15) is 0 Å². The molecule has 0 aromatic carbocycles. The number of nitrogens with one attached hydrogen (secondary N) is 2. The Balaban J connectivity index is 0. The fourth-order valence-electron chi connectivity index (χ4n) is 1.05. The van der Waals surface area contributed by atoms with Crippen LogP contribution in [-0.2, 0) is 11.3 Å². The molecule has 0 aliphatic rings. The summed E-state index contributed by atoms with van der Waals surface area (Å²) in [7, 11) is 0. The van der Waals surface area contributed by atoms with Crippen molar-refractivity contribution in [3.63, 3.8) is 0 Å². The van der Waals surface area contributed by atoms with Gasteiger partial charge in [0.25, 0.3) is 0 Å². The van der Waals surface area contributed by atoms with E-state index in [0.717, 1.165) is 5.69 Å². The quantitative estimate of drug-likeness (QED) is 0.435. The Morgan fingerprint density at radius 3 is 2.72 bits per heavy atom. The van der Waals surface area contributed by atoms with Gasteiger partial charge in [0, 0.05) is 12.6 Å². The Bertz CT molecular complexity index is 362. The first-order valence-corrected chi connectivity index (χ1v) is 4.80. The van der Waals surface area contributed by atoms with Crippen molar-refractivity contribution in [1.82, 2.24) is 10.3 Å². The summed E-state index contributed by atoms with van der Waals surface area (Å²) < 4.78 is 5.28. The smallest absolute Gasteiger partial charge is 0.317 e. The molecule has 1 aromatic rings. The summed E-state index contributed by atoms with van der Waals surface area (Å²) in [5, 5.41) is 9.46. The molecule has 102 valence electrons. The molecule has 0 radical (unpaired) electrons. The third kappa shape index (κ3) is 8.74. The summed E-state index contributed by atoms with van der Waals surface area (Å²) in [5.41, 5.74) is 5.68. The lowest BCUT2D eigenvalue weighted by atomic mass is 10.4. The van der Waals surface area contributed by atoms with Crippen molar-refractivity contribution in [1.29, 1.82) is 5.41 Å². The lowest BCUT2D eigenvalue weighted by molar-refractivity contribution is 0.124. The number of carbonyl (C=O) groups is 1. The van der Waals surface area contributed by atoms with Gasteiger partial charge in [0.15, 0.2) is 0 Å². The Morgan fingerprint density at radius 2 is 2.17 bits per heavy atom. The van der Waals surface area contributed by atoms with E-state index in [-0.39, 0.29) is 30.6 Å². The SMILES string of the molecule is Cl.Cl.N=C(CCOCc1ccccn1)NC(N)=O. The van der Waals surface area contributed by atoms with Crippen molar-refractivity contribution in [2.45, 2.75) is 13.0 Å². The maximum absolute atomic E-state index is 10.4. The number of amidine groups is 1. The van der Waals surface area contributed by atoms with Crippen molar-refractivity contribution in [2.75, 3.05) is 6.61 Å².